The number of alkyl halides is 3. The van der Waals surface area contributed by atoms with Gasteiger partial charge >= 0.3 is 12.3 Å². The van der Waals surface area contributed by atoms with Crippen LogP contribution in [0, 0.1) is 11.8 Å². The Morgan fingerprint density at radius 2 is 1.97 bits per heavy atom. The first-order valence-corrected chi connectivity index (χ1v) is 11.2. The highest BCUT2D eigenvalue weighted by Gasteiger charge is 2.31. The van der Waals surface area contributed by atoms with E-state index in [-0.39, 0.29) is 34.2 Å². The number of ether oxygens (including phenoxy) is 2. The SMILES string of the molecule is COc1cc(CC(=O)O)ccc1N(c1csc(C#Cc2cccc(OC(F)(F)F)c2)n1)[SH](=O)=O. The topological polar surface area (TPSA) is 106 Å². The van der Waals surface area contributed by atoms with Crippen molar-refractivity contribution in [1.29, 1.82) is 0 Å². The molecule has 3 rings (SSSR count). The van der Waals surface area contributed by atoms with E-state index in [4.69, 9.17) is 9.84 Å². The average molecular weight is 512 g/mol. The van der Waals surface area contributed by atoms with Crippen molar-refractivity contribution < 1.29 is 41.0 Å². The van der Waals surface area contributed by atoms with Crippen molar-refractivity contribution >= 4 is 39.7 Å². The van der Waals surface area contributed by atoms with Crippen LogP contribution >= 0.6 is 11.3 Å². The number of carboxylic acid groups (broad SMARTS) is 1. The Kier molecular flexibility index (Phi) is 7.64. The van der Waals surface area contributed by atoms with Crippen LogP contribution in [0.3, 0.4) is 0 Å². The number of thiazole rings is 1. The molecule has 13 heteroatoms. The number of hydrogen-bond acceptors (Lipinski definition) is 7. The van der Waals surface area contributed by atoms with Crippen molar-refractivity contribution in [1.82, 2.24) is 4.98 Å². The maximum atomic E-state index is 12.4. The number of carboxylic acids is 1. The van der Waals surface area contributed by atoms with Gasteiger partial charge < -0.3 is 14.6 Å². The molecule has 0 radical (unpaired) electrons. The fourth-order valence-corrected chi connectivity index (χ4v) is 4.11. The Labute approximate surface area is 197 Å². The highest BCUT2D eigenvalue weighted by atomic mass is 32.2. The predicted molar refractivity (Wildman–Crippen MR) is 118 cm³/mol. The summed E-state index contributed by atoms with van der Waals surface area (Å²) in [6, 6.07) is 9.35. The van der Waals surface area contributed by atoms with Crippen LogP contribution in [0.4, 0.5) is 24.7 Å². The lowest BCUT2D eigenvalue weighted by Crippen LogP contribution is -2.17. The first-order valence-electron chi connectivity index (χ1n) is 9.22. The molecule has 1 aromatic heterocycles. The summed E-state index contributed by atoms with van der Waals surface area (Å²) in [5.74, 6) is 4.00. The Morgan fingerprint density at radius 1 is 1.21 bits per heavy atom. The molecule has 3 aromatic rings. The fourth-order valence-electron chi connectivity index (χ4n) is 2.79. The molecule has 1 heterocycles. The molecule has 0 atom stereocenters. The molecule has 0 fully saturated rings. The normalized spacial score (nSPS) is 11.0. The van der Waals surface area contributed by atoms with E-state index in [1.807, 2.05) is 0 Å². The van der Waals surface area contributed by atoms with Gasteiger partial charge in [0, 0.05) is 10.9 Å². The van der Waals surface area contributed by atoms with Crippen LogP contribution in [0.5, 0.6) is 11.5 Å². The maximum absolute atomic E-state index is 12.4. The molecule has 0 unspecified atom stereocenters. The minimum Gasteiger partial charge on any atom is -0.495 e. The predicted octanol–water partition coefficient (Wildman–Crippen LogP) is 3.74. The lowest BCUT2D eigenvalue weighted by atomic mass is 10.1. The van der Waals surface area contributed by atoms with E-state index >= 15 is 0 Å². The zero-order chi connectivity index (χ0) is 24.9. The summed E-state index contributed by atoms with van der Waals surface area (Å²) in [6.45, 7) is 0. The van der Waals surface area contributed by atoms with Crippen LogP contribution in [0.1, 0.15) is 16.1 Å². The van der Waals surface area contributed by atoms with E-state index in [9.17, 15) is 26.4 Å². The average Bonchev–Trinajstić information content (AvgIpc) is 3.20. The third-order valence-electron chi connectivity index (χ3n) is 4.08. The number of rotatable bonds is 7. The minimum absolute atomic E-state index is 0.0175. The Bertz CT molecular complexity index is 1330. The molecule has 0 aliphatic heterocycles. The summed E-state index contributed by atoms with van der Waals surface area (Å²) in [4.78, 5) is 15.1. The minimum atomic E-state index is -4.83. The Balaban J connectivity index is 1.89. The standard InChI is InChI=1S/C21H15F3N2O6S2/c1-31-17-10-14(11-20(27)28)5-7-16(17)26(34(29)30)18-12-33-19(25-18)8-6-13-3-2-4-15(9-13)32-21(22,23)24/h2-5,7,9-10,12,34H,11H2,1H3,(H,27,28). The summed E-state index contributed by atoms with van der Waals surface area (Å²) in [5, 5.41) is 10.6. The molecule has 2 aromatic carbocycles. The number of benzene rings is 2. The van der Waals surface area contributed by atoms with Crippen LogP contribution in [0.15, 0.2) is 47.8 Å². The Morgan fingerprint density at radius 3 is 2.62 bits per heavy atom. The molecule has 178 valence electrons. The number of thiol groups is 1. The molecule has 8 nitrogen and oxygen atoms in total. The molecule has 0 saturated heterocycles. The number of halogens is 3. The van der Waals surface area contributed by atoms with Crippen LogP contribution in [-0.4, -0.2) is 37.9 Å². The summed E-state index contributed by atoms with van der Waals surface area (Å²) >= 11 is 1.02. The first kappa shape index (κ1) is 24.9. The van der Waals surface area contributed by atoms with Gasteiger partial charge in [-0.1, -0.05) is 18.1 Å². The number of hydrogen-bond donors (Lipinski definition) is 2. The number of methoxy groups -OCH3 is 1. The summed E-state index contributed by atoms with van der Waals surface area (Å²) in [7, 11) is -1.90. The summed E-state index contributed by atoms with van der Waals surface area (Å²) < 4.78 is 71.1. The maximum Gasteiger partial charge on any atom is 0.573 e. The van der Waals surface area contributed by atoms with Crippen LogP contribution in [0.2, 0.25) is 0 Å². The van der Waals surface area contributed by atoms with Gasteiger partial charge in [-0.15, -0.1) is 24.5 Å². The van der Waals surface area contributed by atoms with Gasteiger partial charge in [-0.2, -0.15) is 0 Å². The second-order valence-electron chi connectivity index (χ2n) is 6.46. The van der Waals surface area contributed by atoms with Gasteiger partial charge in [0.1, 0.15) is 17.2 Å². The monoisotopic (exact) mass is 512 g/mol. The van der Waals surface area contributed by atoms with Gasteiger partial charge in [-0.25, -0.2) is 17.7 Å². The number of carbonyl (C=O) groups is 1. The molecular formula is C21H15F3N2O6S2. The van der Waals surface area contributed by atoms with E-state index in [0.717, 1.165) is 27.8 Å². The van der Waals surface area contributed by atoms with E-state index in [1.165, 1.54) is 42.8 Å². The number of aliphatic carboxylic acids is 1. The Hall–Kier alpha value is -3.76. The summed E-state index contributed by atoms with van der Waals surface area (Å²) in [6.07, 6.45) is -5.10. The zero-order valence-electron chi connectivity index (χ0n) is 17.2. The number of anilines is 2. The number of nitrogens with zero attached hydrogens (tertiary/aromatic N) is 2. The van der Waals surface area contributed by atoms with Crippen molar-refractivity contribution in [2.24, 2.45) is 0 Å². The molecule has 0 saturated carbocycles. The molecule has 0 aliphatic rings. The van der Waals surface area contributed by atoms with E-state index in [0.29, 0.717) is 5.56 Å². The van der Waals surface area contributed by atoms with Crippen LogP contribution in [-0.2, 0) is 22.1 Å². The van der Waals surface area contributed by atoms with Gasteiger partial charge in [0.15, 0.2) is 10.8 Å². The second kappa shape index (κ2) is 10.4. The van der Waals surface area contributed by atoms with Crippen molar-refractivity contribution in [3.05, 3.63) is 64.0 Å². The number of aromatic nitrogens is 1. The quantitative estimate of drug-likeness (QED) is 0.367. The van der Waals surface area contributed by atoms with E-state index < -0.39 is 29.0 Å². The molecule has 1 N–H and O–H groups in total. The zero-order valence-corrected chi connectivity index (χ0v) is 18.9. The van der Waals surface area contributed by atoms with E-state index in [2.05, 4.69) is 21.6 Å². The van der Waals surface area contributed by atoms with Crippen molar-refractivity contribution in [2.45, 2.75) is 12.8 Å². The van der Waals surface area contributed by atoms with Crippen molar-refractivity contribution in [3.63, 3.8) is 0 Å². The summed E-state index contributed by atoms with van der Waals surface area (Å²) in [5.41, 5.74) is 0.770. The smallest absolute Gasteiger partial charge is 0.495 e. The van der Waals surface area contributed by atoms with Gasteiger partial charge in [0.05, 0.1) is 13.5 Å². The van der Waals surface area contributed by atoms with Gasteiger partial charge in [-0.3, -0.25) is 4.79 Å². The van der Waals surface area contributed by atoms with Gasteiger partial charge in [0.25, 0.3) is 0 Å². The lowest BCUT2D eigenvalue weighted by Gasteiger charge is -2.18. The molecule has 0 bridgehead atoms. The van der Waals surface area contributed by atoms with Crippen LogP contribution in [0.25, 0.3) is 0 Å². The molecule has 0 spiro atoms. The molecule has 0 aliphatic carbocycles. The first-order chi connectivity index (χ1) is 16.1. The highest BCUT2D eigenvalue weighted by molar-refractivity contribution is 7.74. The van der Waals surface area contributed by atoms with Crippen molar-refractivity contribution in [3.8, 4) is 23.3 Å². The van der Waals surface area contributed by atoms with E-state index in [1.54, 1.807) is 0 Å². The van der Waals surface area contributed by atoms with Gasteiger partial charge in [0.2, 0.25) is 10.9 Å². The fraction of sp³-hybridized carbons (Fsp3) is 0.143. The van der Waals surface area contributed by atoms with Crippen molar-refractivity contribution in [2.75, 3.05) is 11.4 Å². The van der Waals surface area contributed by atoms with Gasteiger partial charge in [-0.05, 0) is 41.8 Å². The second-order valence-corrected chi connectivity index (χ2v) is 8.20. The molecule has 34 heavy (non-hydrogen) atoms. The molecular weight excluding hydrogens is 497 g/mol. The third kappa shape index (κ3) is 6.63. The molecule has 0 amide bonds. The third-order valence-corrected chi connectivity index (χ3v) is 5.57. The largest absolute Gasteiger partial charge is 0.573 e. The lowest BCUT2D eigenvalue weighted by molar-refractivity contribution is -0.274. The highest BCUT2D eigenvalue weighted by Crippen LogP contribution is 2.35. The van der Waals surface area contributed by atoms with Crippen LogP contribution < -0.4 is 13.8 Å².